The number of carbonyl (C=O) groups is 1. The number of halogens is 3. The Morgan fingerprint density at radius 1 is 1.35 bits per heavy atom. The van der Waals surface area contributed by atoms with E-state index in [4.69, 9.17) is 0 Å². The zero-order chi connectivity index (χ0) is 13.2. The van der Waals surface area contributed by atoms with Gasteiger partial charge in [-0.3, -0.25) is 4.79 Å². The molecule has 0 fully saturated rings. The molecule has 0 N–H and O–H groups in total. The zero-order valence-corrected chi connectivity index (χ0v) is 9.51. The van der Waals surface area contributed by atoms with E-state index in [0.717, 1.165) is 11.0 Å². The molecule has 0 saturated heterocycles. The molecule has 0 radical (unpaired) electrons. The van der Waals surface area contributed by atoms with Crippen LogP contribution in [0.5, 0.6) is 0 Å². The topological polar surface area (TPSA) is 20.3 Å². The molecule has 17 heavy (non-hydrogen) atoms. The van der Waals surface area contributed by atoms with Gasteiger partial charge in [0, 0.05) is 14.1 Å². The van der Waals surface area contributed by atoms with Crippen molar-refractivity contribution in [1.82, 2.24) is 4.90 Å². The van der Waals surface area contributed by atoms with Crippen LogP contribution in [0.4, 0.5) is 13.2 Å². The van der Waals surface area contributed by atoms with Gasteiger partial charge in [0.15, 0.2) is 0 Å². The monoisotopic (exact) mass is 243 g/mol. The molecule has 1 rings (SSSR count). The largest absolute Gasteiger partial charge is 0.417 e. The fourth-order valence-electron chi connectivity index (χ4n) is 1.35. The van der Waals surface area contributed by atoms with Crippen LogP contribution in [0.2, 0.25) is 0 Å². The summed E-state index contributed by atoms with van der Waals surface area (Å²) in [4.78, 5) is 12.8. The number of nitrogens with zero attached hydrogens (tertiary/aromatic N) is 1. The van der Waals surface area contributed by atoms with Crippen molar-refractivity contribution >= 4 is 12.0 Å². The van der Waals surface area contributed by atoms with E-state index in [-0.39, 0.29) is 5.56 Å². The van der Waals surface area contributed by atoms with E-state index in [2.05, 4.69) is 6.58 Å². The third kappa shape index (κ3) is 2.87. The third-order valence-electron chi connectivity index (χ3n) is 2.22. The molecular formula is C12H12F3NO. The molecule has 0 atom stereocenters. The van der Waals surface area contributed by atoms with Gasteiger partial charge in [-0.2, -0.15) is 13.2 Å². The molecule has 0 aromatic heterocycles. The summed E-state index contributed by atoms with van der Waals surface area (Å²) in [7, 11) is 2.81. The Balaban J connectivity index is 3.41. The number of amides is 1. The number of hydrogen-bond acceptors (Lipinski definition) is 1. The number of carbonyl (C=O) groups excluding carboxylic acids is 1. The van der Waals surface area contributed by atoms with E-state index in [1.807, 2.05) is 0 Å². The van der Waals surface area contributed by atoms with Crippen molar-refractivity contribution in [1.29, 1.82) is 0 Å². The standard InChI is InChI=1S/C12H12F3NO/c1-4-8-5-6-10(12(13,14)15)9(7-8)11(17)16(2)3/h4-7H,1H2,2-3H3. The van der Waals surface area contributed by atoms with Gasteiger partial charge in [0.1, 0.15) is 0 Å². The number of alkyl halides is 3. The summed E-state index contributed by atoms with van der Waals surface area (Å²) in [5, 5.41) is 0. The van der Waals surface area contributed by atoms with E-state index >= 15 is 0 Å². The maximum Gasteiger partial charge on any atom is 0.417 e. The lowest BCUT2D eigenvalue weighted by molar-refractivity contribution is -0.138. The summed E-state index contributed by atoms with van der Waals surface area (Å²) in [6.45, 7) is 3.46. The molecule has 1 amide bonds. The van der Waals surface area contributed by atoms with Crippen LogP contribution in [0.25, 0.3) is 6.08 Å². The molecule has 0 heterocycles. The highest BCUT2D eigenvalue weighted by atomic mass is 19.4. The molecule has 0 aliphatic carbocycles. The van der Waals surface area contributed by atoms with Crippen LogP contribution in [-0.4, -0.2) is 24.9 Å². The van der Waals surface area contributed by atoms with Crippen LogP contribution >= 0.6 is 0 Å². The first-order valence-electron chi connectivity index (χ1n) is 4.82. The number of benzene rings is 1. The molecule has 2 nitrogen and oxygen atoms in total. The van der Waals surface area contributed by atoms with E-state index < -0.39 is 17.6 Å². The maximum absolute atomic E-state index is 12.7. The SMILES string of the molecule is C=Cc1ccc(C(F)(F)F)c(C(=O)N(C)C)c1. The highest BCUT2D eigenvalue weighted by Crippen LogP contribution is 2.33. The fraction of sp³-hybridized carbons (Fsp3) is 0.250. The van der Waals surface area contributed by atoms with E-state index in [9.17, 15) is 18.0 Å². The van der Waals surface area contributed by atoms with Crippen molar-refractivity contribution in [2.24, 2.45) is 0 Å². The maximum atomic E-state index is 12.7. The first kappa shape index (κ1) is 13.3. The van der Waals surface area contributed by atoms with Gasteiger partial charge in [-0.15, -0.1) is 0 Å². The molecule has 1 aromatic rings. The summed E-state index contributed by atoms with van der Waals surface area (Å²) in [5.74, 6) is -0.680. The molecule has 1 aromatic carbocycles. The van der Waals surface area contributed by atoms with Gasteiger partial charge in [0.2, 0.25) is 0 Å². The Hall–Kier alpha value is -1.78. The van der Waals surface area contributed by atoms with Crippen molar-refractivity contribution in [3.63, 3.8) is 0 Å². The summed E-state index contributed by atoms with van der Waals surface area (Å²) in [6, 6.07) is 3.37. The van der Waals surface area contributed by atoms with Crippen LogP contribution in [0.3, 0.4) is 0 Å². The molecule has 0 aliphatic rings. The van der Waals surface area contributed by atoms with Crippen molar-refractivity contribution < 1.29 is 18.0 Å². The van der Waals surface area contributed by atoms with E-state index in [1.54, 1.807) is 0 Å². The second-order valence-corrected chi connectivity index (χ2v) is 3.71. The molecule has 0 unspecified atom stereocenters. The average molecular weight is 243 g/mol. The van der Waals surface area contributed by atoms with Gasteiger partial charge < -0.3 is 4.90 Å². The quantitative estimate of drug-likeness (QED) is 0.781. The Morgan fingerprint density at radius 3 is 2.35 bits per heavy atom. The van der Waals surface area contributed by atoms with Gasteiger partial charge in [-0.25, -0.2) is 0 Å². The minimum Gasteiger partial charge on any atom is -0.345 e. The number of hydrogen-bond donors (Lipinski definition) is 0. The summed E-state index contributed by atoms with van der Waals surface area (Å²) in [6.07, 6.45) is -3.15. The van der Waals surface area contributed by atoms with Crippen LogP contribution in [0, 0.1) is 0 Å². The molecule has 0 saturated carbocycles. The van der Waals surface area contributed by atoms with E-state index in [1.165, 1.54) is 32.3 Å². The van der Waals surface area contributed by atoms with Crippen LogP contribution in [0.1, 0.15) is 21.5 Å². The Bertz CT molecular complexity index is 450. The summed E-state index contributed by atoms with van der Waals surface area (Å²) >= 11 is 0. The lowest BCUT2D eigenvalue weighted by atomic mass is 10.0. The Kier molecular flexibility index (Phi) is 3.60. The molecule has 0 aliphatic heterocycles. The van der Waals surface area contributed by atoms with Gasteiger partial charge in [-0.05, 0) is 17.7 Å². The van der Waals surface area contributed by atoms with Crippen molar-refractivity contribution in [2.45, 2.75) is 6.18 Å². The lowest BCUT2D eigenvalue weighted by Gasteiger charge is -2.16. The minimum absolute atomic E-state index is 0.361. The van der Waals surface area contributed by atoms with Crippen LogP contribution in [0.15, 0.2) is 24.8 Å². The third-order valence-corrected chi connectivity index (χ3v) is 2.22. The zero-order valence-electron chi connectivity index (χ0n) is 9.51. The Labute approximate surface area is 97.3 Å². The van der Waals surface area contributed by atoms with Crippen LogP contribution < -0.4 is 0 Å². The minimum atomic E-state index is -4.54. The first-order chi connectivity index (χ1) is 7.77. The highest BCUT2D eigenvalue weighted by molar-refractivity contribution is 5.96. The summed E-state index contributed by atoms with van der Waals surface area (Å²) in [5.41, 5.74) is -0.815. The van der Waals surface area contributed by atoms with Crippen molar-refractivity contribution in [3.05, 3.63) is 41.5 Å². The van der Waals surface area contributed by atoms with Gasteiger partial charge in [-0.1, -0.05) is 18.7 Å². The summed E-state index contributed by atoms with van der Waals surface area (Å²) < 4.78 is 38.1. The Morgan fingerprint density at radius 2 is 1.94 bits per heavy atom. The fourth-order valence-corrected chi connectivity index (χ4v) is 1.35. The van der Waals surface area contributed by atoms with Gasteiger partial charge in [0.25, 0.3) is 5.91 Å². The first-order valence-corrected chi connectivity index (χ1v) is 4.82. The highest BCUT2D eigenvalue weighted by Gasteiger charge is 2.35. The molecule has 0 bridgehead atoms. The van der Waals surface area contributed by atoms with Crippen molar-refractivity contribution in [3.8, 4) is 0 Å². The molecular weight excluding hydrogens is 231 g/mol. The normalized spacial score (nSPS) is 11.1. The smallest absolute Gasteiger partial charge is 0.345 e. The predicted molar refractivity (Wildman–Crippen MR) is 59.6 cm³/mol. The molecule has 5 heteroatoms. The van der Waals surface area contributed by atoms with E-state index in [0.29, 0.717) is 5.56 Å². The predicted octanol–water partition coefficient (Wildman–Crippen LogP) is 3.05. The van der Waals surface area contributed by atoms with Crippen molar-refractivity contribution in [2.75, 3.05) is 14.1 Å². The van der Waals surface area contributed by atoms with Gasteiger partial charge >= 0.3 is 6.18 Å². The number of rotatable bonds is 2. The molecule has 92 valence electrons. The average Bonchev–Trinajstić information content (AvgIpc) is 2.25. The molecule has 0 spiro atoms. The second kappa shape index (κ2) is 4.61. The lowest BCUT2D eigenvalue weighted by Crippen LogP contribution is -2.25. The second-order valence-electron chi connectivity index (χ2n) is 3.71. The van der Waals surface area contributed by atoms with Gasteiger partial charge in [0.05, 0.1) is 11.1 Å². The van der Waals surface area contributed by atoms with Crippen LogP contribution in [-0.2, 0) is 6.18 Å².